The molecule has 1 aliphatic rings. The fraction of sp³-hybridized carbons (Fsp3) is 0.267. The van der Waals surface area contributed by atoms with Crippen molar-refractivity contribution in [3.05, 3.63) is 50.6 Å². The maximum atomic E-state index is 12.6. The van der Waals surface area contributed by atoms with Gasteiger partial charge in [-0.25, -0.2) is 0 Å². The first-order valence-electron chi connectivity index (χ1n) is 6.14. The van der Waals surface area contributed by atoms with Crippen LogP contribution >= 0.6 is 27.3 Å². The van der Waals surface area contributed by atoms with Gasteiger partial charge in [0.05, 0.1) is 12.0 Å². The van der Waals surface area contributed by atoms with Crippen molar-refractivity contribution in [3.63, 3.8) is 0 Å². The third-order valence-electron chi connectivity index (χ3n) is 3.58. The minimum Gasteiger partial charge on any atom is -0.306 e. The monoisotopic (exact) mass is 335 g/mol. The predicted octanol–water partition coefficient (Wildman–Crippen LogP) is 4.34. The number of amides is 1. The zero-order chi connectivity index (χ0) is 13.6. The molecule has 2 aromatic rings. The normalized spacial score (nSPS) is 16.8. The highest BCUT2D eigenvalue weighted by Crippen LogP contribution is 2.42. The SMILES string of the molecule is CC1(C)C(=O)N(Cc2cc(Br)cs2)c2ccccc21. The van der Waals surface area contributed by atoms with E-state index in [1.54, 1.807) is 11.3 Å². The van der Waals surface area contributed by atoms with E-state index in [2.05, 4.69) is 28.1 Å². The Morgan fingerprint density at radius 1 is 1.32 bits per heavy atom. The molecule has 0 saturated heterocycles. The Labute approximate surface area is 125 Å². The summed E-state index contributed by atoms with van der Waals surface area (Å²) in [5.74, 6) is 0.179. The smallest absolute Gasteiger partial charge is 0.237 e. The number of rotatable bonds is 2. The van der Waals surface area contributed by atoms with E-state index in [1.165, 1.54) is 4.88 Å². The zero-order valence-electron chi connectivity index (χ0n) is 10.8. The van der Waals surface area contributed by atoms with Crippen molar-refractivity contribution >= 4 is 38.9 Å². The van der Waals surface area contributed by atoms with E-state index in [-0.39, 0.29) is 5.91 Å². The lowest BCUT2D eigenvalue weighted by molar-refractivity contribution is -0.122. The Bertz CT molecular complexity index is 647. The van der Waals surface area contributed by atoms with Crippen LogP contribution < -0.4 is 4.90 Å². The molecule has 19 heavy (non-hydrogen) atoms. The van der Waals surface area contributed by atoms with Gasteiger partial charge in [-0.3, -0.25) is 4.79 Å². The number of thiophene rings is 1. The van der Waals surface area contributed by atoms with Crippen LogP contribution in [0.4, 0.5) is 5.69 Å². The summed E-state index contributed by atoms with van der Waals surface area (Å²) in [4.78, 5) is 15.7. The van der Waals surface area contributed by atoms with Crippen LogP contribution in [-0.4, -0.2) is 5.91 Å². The molecule has 0 fully saturated rings. The standard InChI is InChI=1S/C15H14BrNOS/c1-15(2)12-5-3-4-6-13(12)17(14(15)18)8-11-7-10(16)9-19-11/h3-7,9H,8H2,1-2H3. The van der Waals surface area contributed by atoms with E-state index in [1.807, 2.05) is 42.3 Å². The fourth-order valence-corrected chi connectivity index (χ4v) is 3.99. The second kappa shape index (κ2) is 4.46. The molecule has 4 heteroatoms. The summed E-state index contributed by atoms with van der Waals surface area (Å²) in [5.41, 5.74) is 1.74. The summed E-state index contributed by atoms with van der Waals surface area (Å²) in [7, 11) is 0. The Hall–Kier alpha value is -1.13. The van der Waals surface area contributed by atoms with Crippen molar-refractivity contribution in [1.29, 1.82) is 0 Å². The number of carbonyl (C=O) groups excluding carboxylic acids is 1. The first-order chi connectivity index (χ1) is 9.00. The van der Waals surface area contributed by atoms with Gasteiger partial charge in [0.2, 0.25) is 5.91 Å². The average molecular weight is 336 g/mol. The minimum absolute atomic E-state index is 0.179. The molecule has 2 nitrogen and oxygen atoms in total. The molecule has 0 radical (unpaired) electrons. The molecule has 3 rings (SSSR count). The van der Waals surface area contributed by atoms with E-state index in [9.17, 15) is 4.79 Å². The molecule has 2 heterocycles. The highest BCUT2D eigenvalue weighted by molar-refractivity contribution is 9.10. The van der Waals surface area contributed by atoms with Gasteiger partial charge in [0, 0.05) is 20.4 Å². The van der Waals surface area contributed by atoms with Gasteiger partial charge < -0.3 is 4.90 Å². The molecule has 0 N–H and O–H groups in total. The number of halogens is 1. The van der Waals surface area contributed by atoms with Gasteiger partial charge in [-0.2, -0.15) is 0 Å². The van der Waals surface area contributed by atoms with E-state index in [0.717, 1.165) is 15.7 Å². The molecule has 0 bridgehead atoms. The molecule has 0 spiro atoms. The minimum atomic E-state index is -0.426. The van der Waals surface area contributed by atoms with Gasteiger partial charge in [0.1, 0.15) is 0 Å². The van der Waals surface area contributed by atoms with Gasteiger partial charge in [0.15, 0.2) is 0 Å². The molecule has 1 aromatic carbocycles. The van der Waals surface area contributed by atoms with Crippen LogP contribution in [0.5, 0.6) is 0 Å². The molecule has 1 amide bonds. The van der Waals surface area contributed by atoms with E-state index >= 15 is 0 Å². The number of benzene rings is 1. The highest BCUT2D eigenvalue weighted by atomic mass is 79.9. The molecule has 1 aromatic heterocycles. The van der Waals surface area contributed by atoms with Gasteiger partial charge in [-0.15, -0.1) is 11.3 Å². The number of carbonyl (C=O) groups is 1. The van der Waals surface area contributed by atoms with Crippen LogP contribution in [0.1, 0.15) is 24.3 Å². The first-order valence-corrected chi connectivity index (χ1v) is 7.82. The lowest BCUT2D eigenvalue weighted by Crippen LogP contribution is -2.35. The molecule has 1 aliphatic heterocycles. The number of fused-ring (bicyclic) bond motifs is 1. The number of nitrogens with zero attached hydrogens (tertiary/aromatic N) is 1. The van der Waals surface area contributed by atoms with Crippen molar-refractivity contribution in [2.45, 2.75) is 25.8 Å². The van der Waals surface area contributed by atoms with Crippen LogP contribution in [0.2, 0.25) is 0 Å². The maximum absolute atomic E-state index is 12.6. The summed E-state index contributed by atoms with van der Waals surface area (Å²) < 4.78 is 1.08. The van der Waals surface area contributed by atoms with E-state index in [4.69, 9.17) is 0 Å². The molecule has 98 valence electrons. The molecular formula is C15H14BrNOS. The van der Waals surface area contributed by atoms with E-state index < -0.39 is 5.41 Å². The summed E-state index contributed by atoms with van der Waals surface area (Å²) in [6, 6.07) is 10.2. The molecule has 0 saturated carbocycles. The maximum Gasteiger partial charge on any atom is 0.237 e. The average Bonchev–Trinajstić information content (AvgIpc) is 2.87. The van der Waals surface area contributed by atoms with Crippen LogP contribution in [0.25, 0.3) is 0 Å². The fourth-order valence-electron chi connectivity index (χ4n) is 2.55. The Kier molecular flexibility index (Phi) is 3.02. The largest absolute Gasteiger partial charge is 0.306 e. The quantitative estimate of drug-likeness (QED) is 0.799. The zero-order valence-corrected chi connectivity index (χ0v) is 13.2. The number of hydrogen-bond donors (Lipinski definition) is 0. The van der Waals surface area contributed by atoms with Gasteiger partial charge >= 0.3 is 0 Å². The lowest BCUT2D eigenvalue weighted by atomic mass is 9.86. The third-order valence-corrected chi connectivity index (χ3v) is 5.27. The van der Waals surface area contributed by atoms with Gasteiger partial charge in [0.25, 0.3) is 0 Å². The summed E-state index contributed by atoms with van der Waals surface area (Å²) >= 11 is 5.13. The Balaban J connectivity index is 2.01. The third kappa shape index (κ3) is 2.03. The van der Waals surface area contributed by atoms with Crippen LogP contribution in [0.3, 0.4) is 0 Å². The second-order valence-electron chi connectivity index (χ2n) is 5.26. The second-order valence-corrected chi connectivity index (χ2v) is 7.18. The number of para-hydroxylation sites is 1. The van der Waals surface area contributed by atoms with Crippen molar-refractivity contribution in [3.8, 4) is 0 Å². The van der Waals surface area contributed by atoms with Crippen molar-refractivity contribution in [1.82, 2.24) is 0 Å². The predicted molar refractivity (Wildman–Crippen MR) is 82.7 cm³/mol. The molecular weight excluding hydrogens is 322 g/mol. The van der Waals surface area contributed by atoms with Gasteiger partial charge in [-0.05, 0) is 47.5 Å². The molecule has 0 atom stereocenters. The Morgan fingerprint density at radius 2 is 2.05 bits per heavy atom. The summed E-state index contributed by atoms with van der Waals surface area (Å²) in [6.45, 7) is 4.65. The van der Waals surface area contributed by atoms with Crippen LogP contribution in [-0.2, 0) is 16.8 Å². The van der Waals surface area contributed by atoms with E-state index in [0.29, 0.717) is 6.54 Å². The highest BCUT2D eigenvalue weighted by Gasteiger charge is 2.43. The topological polar surface area (TPSA) is 20.3 Å². The van der Waals surface area contributed by atoms with Crippen molar-refractivity contribution in [2.75, 3.05) is 4.90 Å². The lowest BCUT2D eigenvalue weighted by Gasteiger charge is -2.19. The summed E-state index contributed by atoms with van der Waals surface area (Å²) in [5, 5.41) is 2.05. The van der Waals surface area contributed by atoms with Gasteiger partial charge in [-0.1, -0.05) is 18.2 Å². The van der Waals surface area contributed by atoms with Crippen LogP contribution in [0, 0.1) is 0 Å². The Morgan fingerprint density at radius 3 is 2.74 bits per heavy atom. The molecule has 0 aliphatic carbocycles. The first kappa shape index (κ1) is 12.9. The van der Waals surface area contributed by atoms with Crippen molar-refractivity contribution < 1.29 is 4.79 Å². The summed E-state index contributed by atoms with van der Waals surface area (Å²) in [6.07, 6.45) is 0. The van der Waals surface area contributed by atoms with Crippen molar-refractivity contribution in [2.24, 2.45) is 0 Å². The molecule has 0 unspecified atom stereocenters. The number of hydrogen-bond acceptors (Lipinski definition) is 2. The van der Waals surface area contributed by atoms with Crippen LogP contribution in [0.15, 0.2) is 40.2 Å². The number of anilines is 1.